The van der Waals surface area contributed by atoms with Gasteiger partial charge in [0, 0.05) is 24.5 Å². The quantitative estimate of drug-likeness (QED) is 0.706. The Labute approximate surface area is 168 Å². The van der Waals surface area contributed by atoms with Crippen LogP contribution in [-0.4, -0.2) is 53.8 Å². The van der Waals surface area contributed by atoms with Crippen LogP contribution in [0.4, 0.5) is 0 Å². The van der Waals surface area contributed by atoms with Gasteiger partial charge in [0.05, 0.1) is 22.5 Å². The first kappa shape index (κ1) is 19.1. The average Bonchev–Trinajstić information content (AvgIpc) is 3.23. The fraction of sp³-hybridized carbons (Fsp3) is 0.368. The van der Waals surface area contributed by atoms with Crippen LogP contribution in [0, 0.1) is 6.92 Å². The number of nitrogens with one attached hydrogen (secondary N) is 1. The van der Waals surface area contributed by atoms with Crippen LogP contribution >= 0.6 is 11.3 Å². The lowest BCUT2D eigenvalue weighted by molar-refractivity contribution is 0.0928. The van der Waals surface area contributed by atoms with Gasteiger partial charge in [-0.05, 0) is 38.0 Å². The number of aryl methyl sites for hydroxylation is 1. The van der Waals surface area contributed by atoms with E-state index >= 15 is 0 Å². The van der Waals surface area contributed by atoms with Crippen LogP contribution in [0.25, 0.3) is 15.9 Å². The van der Waals surface area contributed by atoms with Crippen molar-refractivity contribution in [3.63, 3.8) is 0 Å². The predicted octanol–water partition coefficient (Wildman–Crippen LogP) is 2.55. The van der Waals surface area contributed by atoms with Crippen molar-refractivity contribution < 1.29 is 13.2 Å². The zero-order chi connectivity index (χ0) is 19.9. The maximum atomic E-state index is 12.8. The molecule has 1 amide bonds. The van der Waals surface area contributed by atoms with Gasteiger partial charge in [0.25, 0.3) is 5.91 Å². The van der Waals surface area contributed by atoms with Crippen molar-refractivity contribution in [3.05, 3.63) is 47.0 Å². The van der Waals surface area contributed by atoms with Crippen molar-refractivity contribution in [2.24, 2.45) is 0 Å². The average molecular weight is 419 g/mol. The zero-order valence-electron chi connectivity index (χ0n) is 15.8. The van der Waals surface area contributed by atoms with Gasteiger partial charge in [0.1, 0.15) is 4.83 Å². The van der Waals surface area contributed by atoms with Gasteiger partial charge in [-0.15, -0.1) is 11.3 Å². The van der Waals surface area contributed by atoms with Crippen molar-refractivity contribution in [1.82, 2.24) is 19.4 Å². The molecule has 1 saturated heterocycles. The van der Waals surface area contributed by atoms with Gasteiger partial charge >= 0.3 is 0 Å². The Kier molecular flexibility index (Phi) is 4.98. The fourth-order valence-corrected chi connectivity index (χ4v) is 5.45. The minimum atomic E-state index is -3.16. The molecule has 0 atom stereocenters. The van der Waals surface area contributed by atoms with Crippen LogP contribution in [0.1, 0.15) is 28.2 Å². The second-order valence-electron chi connectivity index (χ2n) is 7.07. The summed E-state index contributed by atoms with van der Waals surface area (Å²) < 4.78 is 26.6. The highest BCUT2D eigenvalue weighted by atomic mass is 32.2. The van der Waals surface area contributed by atoms with Gasteiger partial charge in [-0.25, -0.2) is 17.4 Å². The predicted molar refractivity (Wildman–Crippen MR) is 111 cm³/mol. The van der Waals surface area contributed by atoms with E-state index in [9.17, 15) is 13.2 Å². The fourth-order valence-electron chi connectivity index (χ4n) is 3.49. The number of nitrogens with zero attached hydrogens (tertiary/aromatic N) is 3. The van der Waals surface area contributed by atoms with Crippen LogP contribution in [-0.2, 0) is 10.0 Å². The van der Waals surface area contributed by atoms with Crippen molar-refractivity contribution in [2.45, 2.75) is 25.8 Å². The minimum Gasteiger partial charge on any atom is -0.349 e. The smallest absolute Gasteiger partial charge is 0.261 e. The molecule has 3 aromatic rings. The second kappa shape index (κ2) is 7.31. The molecule has 9 heteroatoms. The summed E-state index contributed by atoms with van der Waals surface area (Å²) in [5, 5.41) is 8.64. The molecule has 0 unspecified atom stereocenters. The number of hydrogen-bond donors (Lipinski definition) is 1. The molecule has 0 saturated carbocycles. The van der Waals surface area contributed by atoms with Gasteiger partial charge in [0.2, 0.25) is 10.0 Å². The van der Waals surface area contributed by atoms with E-state index in [1.165, 1.54) is 21.9 Å². The van der Waals surface area contributed by atoms with Gasteiger partial charge in [-0.1, -0.05) is 18.2 Å². The number of fused-ring (bicyclic) bond motifs is 1. The highest BCUT2D eigenvalue weighted by molar-refractivity contribution is 7.88. The molecule has 7 nitrogen and oxygen atoms in total. The molecule has 3 heterocycles. The molecule has 0 spiro atoms. The molecule has 4 rings (SSSR count). The Hall–Kier alpha value is -2.23. The molecule has 148 valence electrons. The standard InChI is InChI=1S/C19H22N4O3S2/c1-13-16-12-17(27-19(16)23(21-13)15-6-4-3-5-7-15)18(24)20-14-8-10-22(11-9-14)28(2,25)26/h3-7,12,14H,8-11H2,1-2H3,(H,20,24). The number of carbonyl (C=O) groups excluding carboxylic acids is 1. The summed E-state index contributed by atoms with van der Waals surface area (Å²) in [5.41, 5.74) is 1.85. The molecule has 0 bridgehead atoms. The molecular weight excluding hydrogens is 396 g/mol. The maximum Gasteiger partial charge on any atom is 0.261 e. The monoisotopic (exact) mass is 418 g/mol. The van der Waals surface area contributed by atoms with Gasteiger partial charge in [-0.3, -0.25) is 4.79 Å². The number of carbonyl (C=O) groups is 1. The number of benzene rings is 1. The summed E-state index contributed by atoms with van der Waals surface area (Å²) in [6.45, 7) is 2.83. The molecule has 1 N–H and O–H groups in total. The van der Waals surface area contributed by atoms with E-state index in [4.69, 9.17) is 0 Å². The van der Waals surface area contributed by atoms with E-state index in [0.29, 0.717) is 30.8 Å². The Morgan fingerprint density at radius 3 is 2.54 bits per heavy atom. The molecule has 1 aromatic carbocycles. The van der Waals surface area contributed by atoms with Gasteiger partial charge in [0.15, 0.2) is 0 Å². The Morgan fingerprint density at radius 1 is 1.21 bits per heavy atom. The summed E-state index contributed by atoms with van der Waals surface area (Å²) in [6.07, 6.45) is 2.47. The van der Waals surface area contributed by atoms with Crippen LogP contribution in [0.15, 0.2) is 36.4 Å². The molecule has 0 radical (unpaired) electrons. The van der Waals surface area contributed by atoms with E-state index in [2.05, 4.69) is 10.4 Å². The second-order valence-corrected chi connectivity index (χ2v) is 10.1. The number of amides is 1. The van der Waals surface area contributed by atoms with Crippen molar-refractivity contribution in [2.75, 3.05) is 19.3 Å². The van der Waals surface area contributed by atoms with Crippen LogP contribution in [0.2, 0.25) is 0 Å². The number of thiophene rings is 1. The van der Waals surface area contributed by atoms with Crippen molar-refractivity contribution in [3.8, 4) is 5.69 Å². The summed E-state index contributed by atoms with van der Waals surface area (Å²) in [5.74, 6) is -0.113. The first-order valence-corrected chi connectivity index (χ1v) is 11.8. The number of piperidine rings is 1. The Bertz CT molecular complexity index is 1110. The lowest BCUT2D eigenvalue weighted by atomic mass is 10.1. The third kappa shape index (κ3) is 3.69. The highest BCUT2D eigenvalue weighted by Crippen LogP contribution is 2.30. The van der Waals surface area contributed by atoms with Crippen molar-refractivity contribution >= 4 is 37.5 Å². The van der Waals surface area contributed by atoms with Gasteiger partial charge in [-0.2, -0.15) is 5.10 Å². The largest absolute Gasteiger partial charge is 0.349 e. The van der Waals surface area contributed by atoms with Crippen LogP contribution in [0.3, 0.4) is 0 Å². The first-order valence-electron chi connectivity index (χ1n) is 9.13. The lowest BCUT2D eigenvalue weighted by Crippen LogP contribution is -2.46. The summed E-state index contributed by atoms with van der Waals surface area (Å²) in [4.78, 5) is 14.3. The number of hydrogen-bond acceptors (Lipinski definition) is 5. The Balaban J connectivity index is 1.51. The number of rotatable bonds is 4. The third-order valence-corrected chi connectivity index (χ3v) is 7.44. The van der Waals surface area contributed by atoms with E-state index in [1.54, 1.807) is 0 Å². The minimum absolute atomic E-state index is 0.0116. The maximum absolute atomic E-state index is 12.8. The SMILES string of the molecule is Cc1nn(-c2ccccc2)c2sc(C(=O)NC3CCN(S(C)(=O)=O)CC3)cc12. The molecule has 0 aliphatic carbocycles. The lowest BCUT2D eigenvalue weighted by Gasteiger charge is -2.30. The molecule has 1 aliphatic heterocycles. The highest BCUT2D eigenvalue weighted by Gasteiger charge is 2.26. The van der Waals surface area contributed by atoms with Crippen LogP contribution < -0.4 is 5.32 Å². The zero-order valence-corrected chi connectivity index (χ0v) is 17.4. The summed E-state index contributed by atoms with van der Waals surface area (Å²) in [6, 6.07) is 11.7. The molecule has 1 fully saturated rings. The summed E-state index contributed by atoms with van der Waals surface area (Å²) >= 11 is 1.42. The molecular formula is C19H22N4O3S2. The van der Waals surface area contributed by atoms with E-state index in [-0.39, 0.29) is 11.9 Å². The van der Waals surface area contributed by atoms with Crippen molar-refractivity contribution in [1.29, 1.82) is 0 Å². The molecule has 1 aliphatic rings. The normalized spacial score (nSPS) is 16.5. The van der Waals surface area contributed by atoms with Crippen LogP contribution in [0.5, 0.6) is 0 Å². The van der Waals surface area contributed by atoms with E-state index < -0.39 is 10.0 Å². The van der Waals surface area contributed by atoms with E-state index in [0.717, 1.165) is 21.6 Å². The Morgan fingerprint density at radius 2 is 1.89 bits per heavy atom. The summed E-state index contributed by atoms with van der Waals surface area (Å²) in [7, 11) is -3.16. The topological polar surface area (TPSA) is 84.3 Å². The first-order chi connectivity index (χ1) is 13.3. The molecule has 2 aromatic heterocycles. The number of sulfonamides is 1. The molecule has 28 heavy (non-hydrogen) atoms. The van der Waals surface area contributed by atoms with E-state index in [1.807, 2.05) is 48.0 Å². The number of para-hydroxylation sites is 1. The third-order valence-electron chi connectivity index (χ3n) is 5.03. The van der Waals surface area contributed by atoms with Gasteiger partial charge < -0.3 is 5.32 Å². The number of aromatic nitrogens is 2.